The Morgan fingerprint density at radius 2 is 0.547 bits per heavy atom. The third-order valence-electron chi connectivity index (χ3n) is 16.7. The topological polar surface area (TPSA) is 95.9 Å². The van der Waals surface area contributed by atoms with Crippen molar-refractivity contribution in [3.8, 4) is 0 Å². The number of aliphatic hydroxyl groups excluding tert-OH is 2. The molecule has 6 heteroatoms. The van der Waals surface area contributed by atoms with Crippen LogP contribution in [0.2, 0.25) is 0 Å². The number of esters is 1. The van der Waals surface area contributed by atoms with Crippen LogP contribution in [0.25, 0.3) is 0 Å². The summed E-state index contributed by atoms with van der Waals surface area (Å²) in [5.41, 5.74) is 0. The van der Waals surface area contributed by atoms with E-state index in [4.69, 9.17) is 4.74 Å². The number of hydrogen-bond acceptors (Lipinski definition) is 5. The molecule has 0 radical (unpaired) electrons. The highest BCUT2D eigenvalue weighted by Gasteiger charge is 2.20. The van der Waals surface area contributed by atoms with Crippen molar-refractivity contribution in [3.05, 3.63) is 0 Å². The summed E-state index contributed by atoms with van der Waals surface area (Å²) in [6.45, 7) is 5.00. The Morgan fingerprint density at radius 1 is 0.320 bits per heavy atom. The van der Waals surface area contributed by atoms with E-state index >= 15 is 0 Å². The van der Waals surface area contributed by atoms with Crippen molar-refractivity contribution in [2.45, 2.75) is 418 Å². The van der Waals surface area contributed by atoms with Crippen LogP contribution < -0.4 is 5.32 Å². The molecule has 0 aliphatic heterocycles. The molecule has 0 aliphatic rings. The number of aliphatic hydroxyl groups is 2. The SMILES string of the molecule is CCCCCCCCCCCCCCCCCCCCCCCC(O)C(CO)NC(=O)CCCCCCCCCCCCCCCCCCCCCCCOC(=O)CCCCCCCCCCCCCCCCCC. The predicted octanol–water partition coefficient (Wildman–Crippen LogP) is 22.2. The molecule has 0 saturated carbocycles. The van der Waals surface area contributed by atoms with Gasteiger partial charge in [-0.1, -0.05) is 367 Å². The summed E-state index contributed by atoms with van der Waals surface area (Å²) in [6, 6.07) is -0.542. The maximum atomic E-state index is 12.5. The highest BCUT2D eigenvalue weighted by Crippen LogP contribution is 2.19. The fraction of sp³-hybridized carbons (Fsp3) is 0.971. The molecule has 0 fully saturated rings. The van der Waals surface area contributed by atoms with Gasteiger partial charge in [0.2, 0.25) is 5.91 Å². The zero-order valence-electron chi connectivity index (χ0n) is 51.3. The summed E-state index contributed by atoms with van der Waals surface area (Å²) in [4.78, 5) is 24.6. The van der Waals surface area contributed by atoms with Gasteiger partial charge in [0.15, 0.2) is 0 Å². The van der Waals surface area contributed by atoms with Gasteiger partial charge < -0.3 is 20.3 Å². The molecule has 0 spiro atoms. The molecule has 0 bridgehead atoms. The van der Waals surface area contributed by atoms with Crippen LogP contribution in [0.3, 0.4) is 0 Å². The Bertz CT molecular complexity index is 1080. The van der Waals surface area contributed by atoms with E-state index in [0.717, 1.165) is 38.5 Å². The van der Waals surface area contributed by atoms with Gasteiger partial charge in [-0.15, -0.1) is 0 Å². The van der Waals surface area contributed by atoms with Crippen molar-refractivity contribution < 1.29 is 24.5 Å². The van der Waals surface area contributed by atoms with Gasteiger partial charge >= 0.3 is 5.97 Å². The third-order valence-corrected chi connectivity index (χ3v) is 16.7. The molecule has 0 saturated heterocycles. The van der Waals surface area contributed by atoms with Crippen LogP contribution >= 0.6 is 0 Å². The van der Waals surface area contributed by atoms with Crippen molar-refractivity contribution in [3.63, 3.8) is 0 Å². The number of nitrogens with one attached hydrogen (secondary N) is 1. The second-order valence-electron chi connectivity index (χ2n) is 24.2. The largest absolute Gasteiger partial charge is 0.466 e. The number of hydrogen-bond donors (Lipinski definition) is 3. The summed E-state index contributed by atoms with van der Waals surface area (Å²) < 4.78 is 5.50. The lowest BCUT2D eigenvalue weighted by Gasteiger charge is -2.22. The average Bonchev–Trinajstić information content (AvgIpc) is 3.41. The second kappa shape index (κ2) is 65.4. The number of ether oxygens (including phenoxy) is 1. The van der Waals surface area contributed by atoms with Crippen molar-refractivity contribution in [2.75, 3.05) is 13.2 Å². The normalized spacial score (nSPS) is 12.4. The van der Waals surface area contributed by atoms with Crippen LogP contribution in [0.4, 0.5) is 0 Å². The first-order valence-electron chi connectivity index (χ1n) is 34.8. The van der Waals surface area contributed by atoms with Gasteiger partial charge in [0, 0.05) is 12.8 Å². The van der Waals surface area contributed by atoms with Crippen LogP contribution in [0, 0.1) is 0 Å². The maximum absolute atomic E-state index is 12.5. The molecule has 0 aromatic rings. The fourth-order valence-electron chi connectivity index (χ4n) is 11.4. The molecule has 0 aliphatic carbocycles. The van der Waals surface area contributed by atoms with Crippen molar-refractivity contribution in [1.29, 1.82) is 0 Å². The van der Waals surface area contributed by atoms with Gasteiger partial charge in [0.1, 0.15) is 0 Å². The van der Waals surface area contributed by atoms with Crippen LogP contribution in [-0.2, 0) is 14.3 Å². The molecule has 3 N–H and O–H groups in total. The van der Waals surface area contributed by atoms with Gasteiger partial charge in [0.05, 0.1) is 25.4 Å². The molecule has 6 nitrogen and oxygen atoms in total. The molecule has 75 heavy (non-hydrogen) atoms. The molecule has 2 unspecified atom stereocenters. The molecular formula is C69H137NO5. The van der Waals surface area contributed by atoms with Gasteiger partial charge in [-0.25, -0.2) is 0 Å². The molecular weight excluding hydrogens is 923 g/mol. The Labute approximate surface area is 470 Å². The lowest BCUT2D eigenvalue weighted by molar-refractivity contribution is -0.143. The van der Waals surface area contributed by atoms with E-state index in [9.17, 15) is 19.8 Å². The minimum absolute atomic E-state index is 0.0171. The number of carbonyl (C=O) groups is 2. The fourth-order valence-corrected chi connectivity index (χ4v) is 11.4. The van der Waals surface area contributed by atoms with E-state index in [1.165, 1.54) is 334 Å². The smallest absolute Gasteiger partial charge is 0.305 e. The Morgan fingerprint density at radius 3 is 0.813 bits per heavy atom. The maximum Gasteiger partial charge on any atom is 0.305 e. The quantitative estimate of drug-likeness (QED) is 0.0417. The van der Waals surface area contributed by atoms with E-state index < -0.39 is 12.1 Å². The summed E-state index contributed by atoms with van der Waals surface area (Å²) >= 11 is 0. The zero-order chi connectivity index (χ0) is 54.3. The lowest BCUT2D eigenvalue weighted by Crippen LogP contribution is -2.45. The summed E-state index contributed by atoms with van der Waals surface area (Å²) in [5, 5.41) is 23.4. The van der Waals surface area contributed by atoms with E-state index in [-0.39, 0.29) is 18.5 Å². The summed E-state index contributed by atoms with van der Waals surface area (Å²) in [6.07, 6.45) is 78.5. The second-order valence-corrected chi connectivity index (χ2v) is 24.2. The van der Waals surface area contributed by atoms with Gasteiger partial charge in [-0.2, -0.15) is 0 Å². The predicted molar refractivity (Wildman–Crippen MR) is 329 cm³/mol. The third kappa shape index (κ3) is 61.9. The molecule has 1 amide bonds. The first-order chi connectivity index (χ1) is 37.0. The van der Waals surface area contributed by atoms with E-state index in [2.05, 4.69) is 19.2 Å². The first-order valence-corrected chi connectivity index (χ1v) is 34.8. The Kier molecular flexibility index (Phi) is 64.4. The van der Waals surface area contributed by atoms with Gasteiger partial charge in [-0.3, -0.25) is 9.59 Å². The van der Waals surface area contributed by atoms with E-state index in [0.29, 0.717) is 25.9 Å². The number of unbranched alkanes of at least 4 members (excludes halogenated alkanes) is 55. The minimum atomic E-state index is -0.665. The van der Waals surface area contributed by atoms with Crippen molar-refractivity contribution >= 4 is 11.9 Å². The average molecular weight is 1060 g/mol. The Balaban J connectivity index is 3.36. The Hall–Kier alpha value is -1.14. The lowest BCUT2D eigenvalue weighted by atomic mass is 10.0. The molecule has 2 atom stereocenters. The zero-order valence-corrected chi connectivity index (χ0v) is 51.3. The van der Waals surface area contributed by atoms with Crippen LogP contribution in [0.15, 0.2) is 0 Å². The minimum Gasteiger partial charge on any atom is -0.466 e. The standard InChI is InChI=1S/C69H137NO5/c1-3-5-7-9-11-13-15-17-19-21-22-24-27-30-33-37-41-45-49-53-57-61-67(72)66(65-71)70-68(73)62-58-54-50-46-42-38-34-31-28-25-23-26-29-32-36-40-44-48-52-56-60-64-75-69(74)63-59-55-51-47-43-39-35-20-18-16-14-12-10-8-6-4-2/h66-67,71-72H,3-65H2,1-2H3,(H,70,73). The number of rotatable bonds is 66. The molecule has 0 heterocycles. The number of amides is 1. The highest BCUT2D eigenvalue weighted by atomic mass is 16.5. The molecule has 0 aromatic heterocycles. The van der Waals surface area contributed by atoms with Crippen molar-refractivity contribution in [2.24, 2.45) is 0 Å². The van der Waals surface area contributed by atoms with E-state index in [1.54, 1.807) is 0 Å². The monoisotopic (exact) mass is 1060 g/mol. The van der Waals surface area contributed by atoms with Gasteiger partial charge in [0.25, 0.3) is 0 Å². The summed E-state index contributed by atoms with van der Waals surface area (Å²) in [7, 11) is 0. The first kappa shape index (κ1) is 73.9. The number of carbonyl (C=O) groups excluding carboxylic acids is 2. The molecule has 0 aromatic carbocycles. The van der Waals surface area contributed by atoms with Crippen LogP contribution in [0.5, 0.6) is 0 Å². The van der Waals surface area contributed by atoms with Crippen LogP contribution in [0.1, 0.15) is 406 Å². The highest BCUT2D eigenvalue weighted by molar-refractivity contribution is 5.76. The summed E-state index contributed by atoms with van der Waals surface area (Å²) in [5.74, 6) is -0.0134. The molecule has 0 rings (SSSR count). The van der Waals surface area contributed by atoms with Gasteiger partial charge in [-0.05, 0) is 25.7 Å². The molecule has 448 valence electrons. The van der Waals surface area contributed by atoms with Crippen LogP contribution in [-0.4, -0.2) is 47.4 Å². The van der Waals surface area contributed by atoms with Crippen molar-refractivity contribution in [1.82, 2.24) is 5.32 Å². The van der Waals surface area contributed by atoms with E-state index in [1.807, 2.05) is 0 Å².